The van der Waals surface area contributed by atoms with E-state index in [1.54, 1.807) is 23.0 Å². The number of nitrogens with one attached hydrogen (secondary N) is 1. The number of amides is 1. The van der Waals surface area contributed by atoms with Crippen molar-refractivity contribution in [1.29, 1.82) is 5.26 Å². The van der Waals surface area contributed by atoms with Crippen LogP contribution >= 0.6 is 0 Å². The third kappa shape index (κ3) is 3.50. The van der Waals surface area contributed by atoms with E-state index >= 15 is 0 Å². The Morgan fingerprint density at radius 1 is 1.19 bits per heavy atom. The predicted molar refractivity (Wildman–Crippen MR) is 100.0 cm³/mol. The van der Waals surface area contributed by atoms with Crippen molar-refractivity contribution in [2.75, 3.05) is 0 Å². The minimum Gasteiger partial charge on any atom is -0.345 e. The molecule has 26 heavy (non-hydrogen) atoms. The molecular weight excluding hydrogens is 324 g/mol. The van der Waals surface area contributed by atoms with E-state index in [0.717, 1.165) is 16.9 Å². The quantitative estimate of drug-likeness (QED) is 0.765. The molecule has 3 aromatic rings. The first-order chi connectivity index (χ1) is 12.6. The summed E-state index contributed by atoms with van der Waals surface area (Å²) >= 11 is 0. The van der Waals surface area contributed by atoms with Crippen molar-refractivity contribution in [2.24, 2.45) is 0 Å². The lowest BCUT2D eigenvalue weighted by atomic mass is 10.1. The molecule has 1 unspecified atom stereocenters. The first-order valence-corrected chi connectivity index (χ1v) is 8.57. The SMILES string of the molecule is CCc1c(C(=O)NC(C)c2ccc(C#N)cc2)cnn1-c1ccccc1. The van der Waals surface area contributed by atoms with Crippen molar-refractivity contribution in [1.82, 2.24) is 15.1 Å². The number of hydrogen-bond acceptors (Lipinski definition) is 3. The zero-order valence-electron chi connectivity index (χ0n) is 14.8. The molecule has 1 N–H and O–H groups in total. The van der Waals surface area contributed by atoms with Gasteiger partial charge in [-0.3, -0.25) is 4.79 Å². The monoisotopic (exact) mass is 344 g/mol. The van der Waals surface area contributed by atoms with E-state index < -0.39 is 0 Å². The van der Waals surface area contributed by atoms with Gasteiger partial charge in [-0.25, -0.2) is 4.68 Å². The van der Waals surface area contributed by atoms with Crippen molar-refractivity contribution in [2.45, 2.75) is 26.3 Å². The third-order valence-electron chi connectivity index (χ3n) is 4.34. The molecule has 3 rings (SSSR count). The summed E-state index contributed by atoms with van der Waals surface area (Å²) in [7, 11) is 0. The summed E-state index contributed by atoms with van der Waals surface area (Å²) in [5, 5.41) is 16.3. The minimum atomic E-state index is -0.167. The molecule has 0 saturated heterocycles. The van der Waals surface area contributed by atoms with Crippen LogP contribution in [0.4, 0.5) is 0 Å². The van der Waals surface area contributed by atoms with Gasteiger partial charge in [-0.2, -0.15) is 10.4 Å². The zero-order valence-corrected chi connectivity index (χ0v) is 14.8. The second-order valence-electron chi connectivity index (χ2n) is 6.03. The molecule has 0 spiro atoms. The summed E-state index contributed by atoms with van der Waals surface area (Å²) in [5.41, 5.74) is 3.94. The minimum absolute atomic E-state index is 0.152. The van der Waals surface area contributed by atoms with Crippen LogP contribution in [0, 0.1) is 11.3 Å². The van der Waals surface area contributed by atoms with Crippen LogP contribution in [-0.2, 0) is 6.42 Å². The Morgan fingerprint density at radius 2 is 1.88 bits per heavy atom. The Bertz CT molecular complexity index is 936. The molecule has 0 saturated carbocycles. The Balaban J connectivity index is 1.81. The van der Waals surface area contributed by atoms with Gasteiger partial charge in [0.2, 0.25) is 0 Å². The van der Waals surface area contributed by atoms with Gasteiger partial charge in [0.05, 0.1) is 40.8 Å². The van der Waals surface area contributed by atoms with Crippen molar-refractivity contribution < 1.29 is 4.79 Å². The van der Waals surface area contributed by atoms with Crippen LogP contribution in [0.25, 0.3) is 5.69 Å². The number of nitrogens with zero attached hydrogens (tertiary/aromatic N) is 3. The number of benzene rings is 2. The molecule has 0 bridgehead atoms. The van der Waals surface area contributed by atoms with Crippen LogP contribution in [0.3, 0.4) is 0 Å². The Labute approximate surface area is 152 Å². The number of rotatable bonds is 5. The molecule has 5 heteroatoms. The van der Waals surface area contributed by atoms with E-state index in [1.165, 1.54) is 0 Å². The summed E-state index contributed by atoms with van der Waals surface area (Å²) in [5.74, 6) is -0.152. The topological polar surface area (TPSA) is 70.7 Å². The zero-order chi connectivity index (χ0) is 18.5. The predicted octanol–water partition coefficient (Wildman–Crippen LogP) is 3.80. The van der Waals surface area contributed by atoms with Crippen LogP contribution in [0.1, 0.15) is 47.1 Å². The molecule has 1 atom stereocenters. The largest absolute Gasteiger partial charge is 0.345 e. The fourth-order valence-electron chi connectivity index (χ4n) is 2.90. The molecule has 1 amide bonds. The van der Waals surface area contributed by atoms with Gasteiger partial charge >= 0.3 is 0 Å². The lowest BCUT2D eigenvalue weighted by Gasteiger charge is -2.15. The van der Waals surface area contributed by atoms with E-state index in [9.17, 15) is 4.79 Å². The van der Waals surface area contributed by atoms with Crippen LogP contribution in [0.15, 0.2) is 60.8 Å². The van der Waals surface area contributed by atoms with Gasteiger partial charge < -0.3 is 5.32 Å². The maximum Gasteiger partial charge on any atom is 0.255 e. The molecule has 0 fully saturated rings. The highest BCUT2D eigenvalue weighted by Crippen LogP contribution is 2.18. The number of carbonyl (C=O) groups excluding carboxylic acids is 1. The fraction of sp³-hybridized carbons (Fsp3) is 0.190. The lowest BCUT2D eigenvalue weighted by Crippen LogP contribution is -2.27. The van der Waals surface area contributed by atoms with Gasteiger partial charge in [0, 0.05) is 0 Å². The first kappa shape index (κ1) is 17.4. The summed E-state index contributed by atoms with van der Waals surface area (Å²) in [6.45, 7) is 3.93. The van der Waals surface area contributed by atoms with Gasteiger partial charge in [-0.05, 0) is 43.2 Å². The molecule has 0 aliphatic heterocycles. The number of aromatic nitrogens is 2. The average Bonchev–Trinajstić information content (AvgIpc) is 3.13. The molecule has 0 radical (unpaired) electrons. The smallest absolute Gasteiger partial charge is 0.255 e. The molecule has 0 aliphatic carbocycles. The second kappa shape index (κ2) is 7.66. The lowest BCUT2D eigenvalue weighted by molar-refractivity contribution is 0.0939. The Hall–Kier alpha value is -3.39. The molecule has 130 valence electrons. The number of para-hydroxylation sites is 1. The molecule has 0 aliphatic rings. The highest BCUT2D eigenvalue weighted by atomic mass is 16.1. The fourth-order valence-corrected chi connectivity index (χ4v) is 2.90. The summed E-state index contributed by atoms with van der Waals surface area (Å²) in [6.07, 6.45) is 2.32. The van der Waals surface area contributed by atoms with E-state index in [4.69, 9.17) is 5.26 Å². The molecule has 1 aromatic heterocycles. The van der Waals surface area contributed by atoms with Gasteiger partial charge in [-0.1, -0.05) is 37.3 Å². The van der Waals surface area contributed by atoms with Gasteiger partial charge in [0.25, 0.3) is 5.91 Å². The van der Waals surface area contributed by atoms with Gasteiger partial charge in [0.15, 0.2) is 0 Å². The van der Waals surface area contributed by atoms with Crippen LogP contribution < -0.4 is 5.32 Å². The van der Waals surface area contributed by atoms with Crippen molar-refractivity contribution in [3.63, 3.8) is 0 Å². The number of carbonyl (C=O) groups is 1. The Kier molecular flexibility index (Phi) is 5.14. The highest BCUT2D eigenvalue weighted by Gasteiger charge is 2.19. The maximum absolute atomic E-state index is 12.8. The molecule has 1 heterocycles. The highest BCUT2D eigenvalue weighted by molar-refractivity contribution is 5.95. The van der Waals surface area contributed by atoms with E-state index in [-0.39, 0.29) is 11.9 Å². The van der Waals surface area contributed by atoms with E-state index in [1.807, 2.05) is 56.3 Å². The number of hydrogen-bond donors (Lipinski definition) is 1. The molecule has 2 aromatic carbocycles. The van der Waals surface area contributed by atoms with Crippen molar-refractivity contribution in [3.8, 4) is 11.8 Å². The van der Waals surface area contributed by atoms with Crippen LogP contribution in [0.5, 0.6) is 0 Å². The first-order valence-electron chi connectivity index (χ1n) is 8.57. The number of nitriles is 1. The molecular formula is C21H20N4O. The van der Waals surface area contributed by atoms with E-state index in [2.05, 4.69) is 16.5 Å². The van der Waals surface area contributed by atoms with Crippen molar-refractivity contribution >= 4 is 5.91 Å². The van der Waals surface area contributed by atoms with Crippen LogP contribution in [0.2, 0.25) is 0 Å². The summed E-state index contributed by atoms with van der Waals surface area (Å²) < 4.78 is 1.81. The summed E-state index contributed by atoms with van der Waals surface area (Å²) in [6, 6.07) is 18.9. The van der Waals surface area contributed by atoms with E-state index in [0.29, 0.717) is 17.5 Å². The average molecular weight is 344 g/mol. The third-order valence-corrected chi connectivity index (χ3v) is 4.34. The van der Waals surface area contributed by atoms with Gasteiger partial charge in [-0.15, -0.1) is 0 Å². The Morgan fingerprint density at radius 3 is 2.50 bits per heavy atom. The van der Waals surface area contributed by atoms with Crippen LogP contribution in [-0.4, -0.2) is 15.7 Å². The second-order valence-corrected chi connectivity index (χ2v) is 6.03. The molecule has 5 nitrogen and oxygen atoms in total. The summed E-state index contributed by atoms with van der Waals surface area (Å²) in [4.78, 5) is 12.8. The normalized spacial score (nSPS) is 11.6. The van der Waals surface area contributed by atoms with Crippen molar-refractivity contribution in [3.05, 3.63) is 83.2 Å². The maximum atomic E-state index is 12.8. The van der Waals surface area contributed by atoms with Gasteiger partial charge in [0.1, 0.15) is 0 Å². The standard InChI is InChI=1S/C21H20N4O/c1-3-20-19(14-23-25(20)18-7-5-4-6-8-18)21(26)24-15(2)17-11-9-16(13-22)10-12-17/h4-12,14-15H,3H2,1-2H3,(H,24,26).